The zero-order chi connectivity index (χ0) is 8.85. The molecule has 3 nitrogen and oxygen atoms in total. The fraction of sp³-hybridized carbons (Fsp3) is 0.625. The third-order valence-electron chi connectivity index (χ3n) is 1.33. The molecule has 0 aromatic heterocycles. The molecule has 11 heavy (non-hydrogen) atoms. The van der Waals surface area contributed by atoms with Crippen LogP contribution in [0.15, 0.2) is 0 Å². The molecule has 0 aliphatic carbocycles. The summed E-state index contributed by atoms with van der Waals surface area (Å²) in [6.07, 6.45) is 0.500. The van der Waals surface area contributed by atoms with Gasteiger partial charge in [0.1, 0.15) is 0 Å². The molecular formula is C8H13NO2. The van der Waals surface area contributed by atoms with Gasteiger partial charge in [0, 0.05) is 19.4 Å². The number of rotatable bonds is 2. The molecule has 0 aromatic rings. The van der Waals surface area contributed by atoms with Gasteiger partial charge in [-0.05, 0) is 6.92 Å². The molecular weight excluding hydrogens is 142 g/mol. The van der Waals surface area contributed by atoms with Gasteiger partial charge in [0.15, 0.2) is 0 Å². The van der Waals surface area contributed by atoms with E-state index < -0.39 is 0 Å². The number of hydrogen-bond donors (Lipinski definition) is 1. The van der Waals surface area contributed by atoms with Gasteiger partial charge < -0.3 is 0 Å². The van der Waals surface area contributed by atoms with Crippen LogP contribution in [0.4, 0.5) is 0 Å². The Hall–Kier alpha value is -1.01. The largest absolute Gasteiger partial charge is 0.286 e. The van der Waals surface area contributed by atoms with Gasteiger partial charge in [0.25, 0.3) is 0 Å². The van der Waals surface area contributed by atoms with Crippen molar-refractivity contribution in [3.8, 4) is 11.8 Å². The first kappa shape index (κ1) is 9.99. The third kappa shape index (κ3) is 3.64. The second kappa shape index (κ2) is 4.75. The molecule has 0 rings (SSSR count). The summed E-state index contributed by atoms with van der Waals surface area (Å²) in [4.78, 5) is 11.0. The summed E-state index contributed by atoms with van der Waals surface area (Å²) in [6.45, 7) is 3.46. The molecule has 0 aliphatic heterocycles. The predicted molar refractivity (Wildman–Crippen MR) is 41.8 cm³/mol. The Morgan fingerprint density at radius 3 is 2.64 bits per heavy atom. The zero-order valence-corrected chi connectivity index (χ0v) is 7.09. The SMILES string of the molecule is CC#CCC(C)C(=O)N(C)O. The lowest BCUT2D eigenvalue weighted by Gasteiger charge is -2.12. The van der Waals surface area contributed by atoms with Crippen LogP contribution < -0.4 is 0 Å². The van der Waals surface area contributed by atoms with E-state index in [0.717, 1.165) is 0 Å². The fourth-order valence-electron chi connectivity index (χ4n) is 0.661. The molecule has 1 N–H and O–H groups in total. The minimum Gasteiger partial charge on any atom is -0.286 e. The van der Waals surface area contributed by atoms with Gasteiger partial charge in [-0.25, -0.2) is 5.06 Å². The molecule has 1 unspecified atom stereocenters. The summed E-state index contributed by atoms with van der Waals surface area (Å²) in [7, 11) is 1.32. The van der Waals surface area contributed by atoms with Gasteiger partial charge >= 0.3 is 0 Å². The molecule has 62 valence electrons. The van der Waals surface area contributed by atoms with Crippen LogP contribution in [0.1, 0.15) is 20.3 Å². The van der Waals surface area contributed by atoms with Crippen molar-refractivity contribution in [2.24, 2.45) is 5.92 Å². The summed E-state index contributed by atoms with van der Waals surface area (Å²) < 4.78 is 0. The van der Waals surface area contributed by atoms with Gasteiger partial charge in [-0.3, -0.25) is 10.0 Å². The van der Waals surface area contributed by atoms with E-state index in [2.05, 4.69) is 11.8 Å². The van der Waals surface area contributed by atoms with Crippen molar-refractivity contribution in [1.29, 1.82) is 0 Å². The van der Waals surface area contributed by atoms with Crippen LogP contribution in [-0.2, 0) is 4.79 Å². The molecule has 1 atom stereocenters. The number of carbonyl (C=O) groups is 1. The minimum atomic E-state index is -0.298. The van der Waals surface area contributed by atoms with Crippen molar-refractivity contribution in [2.45, 2.75) is 20.3 Å². The minimum absolute atomic E-state index is 0.225. The Labute approximate surface area is 67.0 Å². The van der Waals surface area contributed by atoms with Crippen LogP contribution >= 0.6 is 0 Å². The first-order chi connectivity index (χ1) is 5.09. The third-order valence-corrected chi connectivity index (χ3v) is 1.33. The zero-order valence-electron chi connectivity index (χ0n) is 7.09. The maximum atomic E-state index is 11.0. The highest BCUT2D eigenvalue weighted by atomic mass is 16.5. The highest BCUT2D eigenvalue weighted by Gasteiger charge is 2.14. The van der Waals surface area contributed by atoms with Gasteiger partial charge in [-0.2, -0.15) is 0 Å². The average Bonchev–Trinajstić information content (AvgIpc) is 1.98. The first-order valence-electron chi connectivity index (χ1n) is 3.45. The van der Waals surface area contributed by atoms with Crippen LogP contribution in [0.5, 0.6) is 0 Å². The molecule has 0 heterocycles. The van der Waals surface area contributed by atoms with Crippen LogP contribution in [0.2, 0.25) is 0 Å². The van der Waals surface area contributed by atoms with Crippen molar-refractivity contribution < 1.29 is 10.0 Å². The summed E-state index contributed by atoms with van der Waals surface area (Å²) >= 11 is 0. The summed E-state index contributed by atoms with van der Waals surface area (Å²) in [6, 6.07) is 0. The smallest absolute Gasteiger partial charge is 0.249 e. The maximum absolute atomic E-state index is 11.0. The average molecular weight is 155 g/mol. The first-order valence-corrected chi connectivity index (χ1v) is 3.45. The second-order valence-electron chi connectivity index (χ2n) is 2.39. The standard InChI is InChI=1S/C8H13NO2/c1-4-5-6-7(2)8(10)9(3)11/h7,11H,6H2,1-3H3. The van der Waals surface area contributed by atoms with Crippen LogP contribution in [0.3, 0.4) is 0 Å². The van der Waals surface area contributed by atoms with Gasteiger partial charge in [0.05, 0.1) is 0 Å². The summed E-state index contributed by atoms with van der Waals surface area (Å²) in [5.41, 5.74) is 0. The molecule has 0 fully saturated rings. The van der Waals surface area contributed by atoms with Crippen LogP contribution in [0, 0.1) is 17.8 Å². The van der Waals surface area contributed by atoms with E-state index in [0.29, 0.717) is 11.5 Å². The van der Waals surface area contributed by atoms with E-state index in [9.17, 15) is 4.79 Å². The van der Waals surface area contributed by atoms with Crippen LogP contribution in [-0.4, -0.2) is 23.2 Å². The van der Waals surface area contributed by atoms with E-state index in [4.69, 9.17) is 5.21 Å². The quantitative estimate of drug-likeness (QED) is 0.365. The van der Waals surface area contributed by atoms with Gasteiger partial charge in [-0.1, -0.05) is 6.92 Å². The number of carbonyl (C=O) groups excluding carboxylic acids is 1. The predicted octanol–water partition coefficient (Wildman–Crippen LogP) is 0.883. The molecule has 0 radical (unpaired) electrons. The van der Waals surface area contributed by atoms with E-state index in [1.807, 2.05) is 0 Å². The highest BCUT2D eigenvalue weighted by molar-refractivity contribution is 5.77. The number of amides is 1. The summed E-state index contributed by atoms with van der Waals surface area (Å²) in [5.74, 6) is 4.94. The number of hydroxylamine groups is 2. The monoisotopic (exact) mass is 155 g/mol. The van der Waals surface area contributed by atoms with Crippen molar-refractivity contribution in [3.05, 3.63) is 0 Å². The topological polar surface area (TPSA) is 40.5 Å². The maximum Gasteiger partial charge on any atom is 0.249 e. The van der Waals surface area contributed by atoms with Gasteiger partial charge in [-0.15, -0.1) is 11.8 Å². The Balaban J connectivity index is 3.89. The Morgan fingerprint density at radius 2 is 2.27 bits per heavy atom. The molecule has 0 bridgehead atoms. The molecule has 3 heteroatoms. The lowest BCUT2D eigenvalue weighted by Crippen LogP contribution is -2.28. The molecule has 0 saturated carbocycles. The Kier molecular flexibility index (Phi) is 4.32. The van der Waals surface area contributed by atoms with E-state index in [-0.39, 0.29) is 11.8 Å². The molecule has 1 amide bonds. The van der Waals surface area contributed by atoms with E-state index in [1.165, 1.54) is 7.05 Å². The lowest BCUT2D eigenvalue weighted by molar-refractivity contribution is -0.163. The van der Waals surface area contributed by atoms with Crippen molar-refractivity contribution >= 4 is 5.91 Å². The molecule has 0 saturated heterocycles. The summed E-state index contributed by atoms with van der Waals surface area (Å²) in [5, 5.41) is 9.33. The molecule has 0 spiro atoms. The number of hydrogen-bond acceptors (Lipinski definition) is 2. The lowest BCUT2D eigenvalue weighted by atomic mass is 10.1. The highest BCUT2D eigenvalue weighted by Crippen LogP contribution is 2.02. The van der Waals surface area contributed by atoms with Gasteiger partial charge in [0.2, 0.25) is 5.91 Å². The van der Waals surface area contributed by atoms with Crippen molar-refractivity contribution in [3.63, 3.8) is 0 Å². The van der Waals surface area contributed by atoms with Crippen molar-refractivity contribution in [1.82, 2.24) is 5.06 Å². The fourth-order valence-corrected chi connectivity index (χ4v) is 0.661. The molecule has 0 aliphatic rings. The number of nitrogens with zero attached hydrogens (tertiary/aromatic N) is 1. The Bertz CT molecular complexity index is 188. The normalized spacial score (nSPS) is 11.3. The Morgan fingerprint density at radius 1 is 1.73 bits per heavy atom. The van der Waals surface area contributed by atoms with Crippen LogP contribution in [0.25, 0.3) is 0 Å². The second-order valence-corrected chi connectivity index (χ2v) is 2.39. The van der Waals surface area contributed by atoms with E-state index in [1.54, 1.807) is 13.8 Å². The van der Waals surface area contributed by atoms with Crippen molar-refractivity contribution in [2.75, 3.05) is 7.05 Å². The molecule has 0 aromatic carbocycles. The van der Waals surface area contributed by atoms with E-state index >= 15 is 0 Å².